The van der Waals surface area contributed by atoms with Gasteiger partial charge in [-0.25, -0.2) is 0 Å². The highest BCUT2D eigenvalue weighted by molar-refractivity contribution is 9.10. The SMILES string of the molecule is CCCNC(c1ccc2c(c1)COC2)c1c(Br)cnn1C. The minimum Gasteiger partial charge on any atom is -0.372 e. The van der Waals surface area contributed by atoms with E-state index in [1.807, 2.05) is 17.9 Å². The van der Waals surface area contributed by atoms with Crippen LogP contribution in [0.1, 0.15) is 41.8 Å². The van der Waals surface area contributed by atoms with Crippen LogP contribution in [0.5, 0.6) is 0 Å². The Labute approximate surface area is 133 Å². The molecule has 2 heterocycles. The minimum absolute atomic E-state index is 0.137. The van der Waals surface area contributed by atoms with E-state index in [0.717, 1.165) is 36.3 Å². The molecule has 0 radical (unpaired) electrons. The van der Waals surface area contributed by atoms with E-state index < -0.39 is 0 Å². The summed E-state index contributed by atoms with van der Waals surface area (Å²) in [6.45, 7) is 4.60. The Morgan fingerprint density at radius 3 is 2.90 bits per heavy atom. The highest BCUT2D eigenvalue weighted by atomic mass is 79.9. The third-order valence-electron chi connectivity index (χ3n) is 3.89. The summed E-state index contributed by atoms with van der Waals surface area (Å²) < 4.78 is 8.49. The van der Waals surface area contributed by atoms with Gasteiger partial charge in [0.05, 0.1) is 35.6 Å². The second-order valence-corrected chi connectivity index (χ2v) is 6.26. The largest absolute Gasteiger partial charge is 0.372 e. The fourth-order valence-electron chi connectivity index (χ4n) is 2.78. The summed E-state index contributed by atoms with van der Waals surface area (Å²) in [4.78, 5) is 0. The first-order valence-corrected chi connectivity index (χ1v) is 8.10. The normalized spacial score (nSPS) is 15.2. The number of aromatic nitrogens is 2. The number of rotatable bonds is 5. The van der Waals surface area contributed by atoms with E-state index >= 15 is 0 Å². The molecule has 0 saturated carbocycles. The Kier molecular flexibility index (Phi) is 4.42. The number of hydrogen-bond donors (Lipinski definition) is 1. The van der Waals surface area contributed by atoms with Crippen molar-refractivity contribution in [1.82, 2.24) is 15.1 Å². The molecule has 1 aromatic heterocycles. The summed E-state index contributed by atoms with van der Waals surface area (Å²) in [5, 5.41) is 7.98. The summed E-state index contributed by atoms with van der Waals surface area (Å²) in [6.07, 6.45) is 2.95. The molecule has 0 bridgehead atoms. The van der Waals surface area contributed by atoms with Crippen LogP contribution >= 0.6 is 15.9 Å². The number of nitrogens with one attached hydrogen (secondary N) is 1. The van der Waals surface area contributed by atoms with Crippen LogP contribution in [0.2, 0.25) is 0 Å². The molecule has 0 fully saturated rings. The zero-order valence-corrected chi connectivity index (χ0v) is 14.0. The molecule has 1 aliphatic heterocycles. The molecule has 1 aromatic carbocycles. The van der Waals surface area contributed by atoms with Gasteiger partial charge in [0.2, 0.25) is 0 Å². The highest BCUT2D eigenvalue weighted by Gasteiger charge is 2.22. The van der Waals surface area contributed by atoms with Crippen molar-refractivity contribution >= 4 is 15.9 Å². The zero-order valence-electron chi connectivity index (χ0n) is 12.4. The number of hydrogen-bond acceptors (Lipinski definition) is 3. The van der Waals surface area contributed by atoms with E-state index in [0.29, 0.717) is 0 Å². The molecule has 1 aliphatic rings. The first kappa shape index (κ1) is 14.8. The van der Waals surface area contributed by atoms with Crippen molar-refractivity contribution in [3.63, 3.8) is 0 Å². The fourth-order valence-corrected chi connectivity index (χ4v) is 3.35. The van der Waals surface area contributed by atoms with E-state index in [-0.39, 0.29) is 6.04 Å². The molecular weight excluding hydrogens is 330 g/mol. The van der Waals surface area contributed by atoms with Gasteiger partial charge in [-0.2, -0.15) is 5.10 Å². The Bertz CT molecular complexity index is 619. The number of aryl methyl sites for hydroxylation is 1. The van der Waals surface area contributed by atoms with Gasteiger partial charge in [-0.15, -0.1) is 0 Å². The fraction of sp³-hybridized carbons (Fsp3) is 0.438. The number of ether oxygens (including phenoxy) is 1. The summed E-state index contributed by atoms with van der Waals surface area (Å²) >= 11 is 3.62. The van der Waals surface area contributed by atoms with Crippen molar-refractivity contribution < 1.29 is 4.74 Å². The lowest BCUT2D eigenvalue weighted by Gasteiger charge is -2.21. The third-order valence-corrected chi connectivity index (χ3v) is 4.50. The van der Waals surface area contributed by atoms with Crippen molar-refractivity contribution in [1.29, 1.82) is 0 Å². The molecule has 5 heteroatoms. The summed E-state index contributed by atoms with van der Waals surface area (Å²) in [5.41, 5.74) is 5.02. The van der Waals surface area contributed by atoms with Crippen molar-refractivity contribution in [3.8, 4) is 0 Å². The molecular formula is C16H20BrN3O. The second kappa shape index (κ2) is 6.30. The van der Waals surface area contributed by atoms with E-state index in [1.54, 1.807) is 0 Å². The van der Waals surface area contributed by atoms with Crippen molar-refractivity contribution in [3.05, 3.63) is 51.3 Å². The topological polar surface area (TPSA) is 39.1 Å². The number of nitrogens with zero attached hydrogens (tertiary/aromatic N) is 2. The Morgan fingerprint density at radius 2 is 2.19 bits per heavy atom. The highest BCUT2D eigenvalue weighted by Crippen LogP contribution is 2.31. The molecule has 0 saturated heterocycles. The van der Waals surface area contributed by atoms with E-state index in [2.05, 4.69) is 51.5 Å². The molecule has 21 heavy (non-hydrogen) atoms. The van der Waals surface area contributed by atoms with E-state index in [9.17, 15) is 0 Å². The maximum atomic E-state index is 5.52. The zero-order chi connectivity index (χ0) is 14.8. The molecule has 0 amide bonds. The van der Waals surface area contributed by atoms with Crippen LogP contribution in [0.4, 0.5) is 0 Å². The quantitative estimate of drug-likeness (QED) is 0.899. The first-order chi connectivity index (χ1) is 10.2. The number of benzene rings is 1. The maximum absolute atomic E-state index is 5.52. The number of halogens is 1. The molecule has 112 valence electrons. The lowest BCUT2D eigenvalue weighted by Crippen LogP contribution is -2.25. The van der Waals surface area contributed by atoms with Gasteiger partial charge in [0.25, 0.3) is 0 Å². The minimum atomic E-state index is 0.137. The van der Waals surface area contributed by atoms with Crippen molar-refractivity contribution in [2.24, 2.45) is 7.05 Å². The van der Waals surface area contributed by atoms with Gasteiger partial charge >= 0.3 is 0 Å². The maximum Gasteiger partial charge on any atom is 0.0759 e. The molecule has 1 atom stereocenters. The Morgan fingerprint density at radius 1 is 1.38 bits per heavy atom. The van der Waals surface area contributed by atoms with Crippen LogP contribution in [0.25, 0.3) is 0 Å². The summed E-state index contributed by atoms with van der Waals surface area (Å²) in [7, 11) is 1.98. The summed E-state index contributed by atoms with van der Waals surface area (Å²) in [6, 6.07) is 6.77. The predicted octanol–water partition coefficient (Wildman–Crippen LogP) is 3.30. The third kappa shape index (κ3) is 2.91. The molecule has 0 aliphatic carbocycles. The smallest absolute Gasteiger partial charge is 0.0759 e. The van der Waals surface area contributed by atoms with Gasteiger partial charge in [-0.3, -0.25) is 4.68 Å². The van der Waals surface area contributed by atoms with Crippen LogP contribution in [-0.2, 0) is 25.0 Å². The molecule has 0 spiro atoms. The van der Waals surface area contributed by atoms with Crippen molar-refractivity contribution in [2.75, 3.05) is 6.54 Å². The molecule has 1 unspecified atom stereocenters. The molecule has 1 N–H and O–H groups in total. The van der Waals surface area contributed by atoms with Crippen LogP contribution in [0.3, 0.4) is 0 Å². The van der Waals surface area contributed by atoms with Gasteiger partial charge < -0.3 is 10.1 Å². The van der Waals surface area contributed by atoms with Crippen LogP contribution < -0.4 is 5.32 Å². The molecule has 4 nitrogen and oxygen atoms in total. The second-order valence-electron chi connectivity index (χ2n) is 5.41. The van der Waals surface area contributed by atoms with Crippen LogP contribution in [-0.4, -0.2) is 16.3 Å². The Hall–Kier alpha value is -1.17. The average molecular weight is 350 g/mol. The van der Waals surface area contributed by atoms with E-state index in [1.165, 1.54) is 16.7 Å². The van der Waals surface area contributed by atoms with Gasteiger partial charge in [0.15, 0.2) is 0 Å². The molecule has 3 rings (SSSR count). The van der Waals surface area contributed by atoms with E-state index in [4.69, 9.17) is 4.74 Å². The predicted molar refractivity (Wildman–Crippen MR) is 86.0 cm³/mol. The standard InChI is InChI=1S/C16H20BrN3O/c1-3-6-18-15(16-14(17)8-19-20(16)2)11-4-5-12-9-21-10-13(12)7-11/h4-5,7-8,15,18H,3,6,9-10H2,1-2H3. The summed E-state index contributed by atoms with van der Waals surface area (Å²) in [5.74, 6) is 0. The monoisotopic (exact) mass is 349 g/mol. The lowest BCUT2D eigenvalue weighted by atomic mass is 9.98. The first-order valence-electron chi connectivity index (χ1n) is 7.31. The van der Waals surface area contributed by atoms with Crippen molar-refractivity contribution in [2.45, 2.75) is 32.6 Å². The van der Waals surface area contributed by atoms with Crippen LogP contribution in [0, 0.1) is 0 Å². The molecule has 2 aromatic rings. The van der Waals surface area contributed by atoms with Gasteiger partial charge in [-0.05, 0) is 45.6 Å². The van der Waals surface area contributed by atoms with Crippen LogP contribution in [0.15, 0.2) is 28.9 Å². The van der Waals surface area contributed by atoms with Gasteiger partial charge in [-0.1, -0.05) is 25.1 Å². The Balaban J connectivity index is 1.99. The lowest BCUT2D eigenvalue weighted by molar-refractivity contribution is 0.134. The van der Waals surface area contributed by atoms with Gasteiger partial charge in [0, 0.05) is 7.05 Å². The van der Waals surface area contributed by atoms with Gasteiger partial charge in [0.1, 0.15) is 0 Å². The average Bonchev–Trinajstić information content (AvgIpc) is 3.07. The number of fused-ring (bicyclic) bond motifs is 1.